The van der Waals surface area contributed by atoms with Crippen molar-refractivity contribution in [2.24, 2.45) is 0 Å². The molecule has 0 aliphatic rings. The molecular formula is C11H10N2O. The molecular weight excluding hydrogens is 176 g/mol. The Balaban J connectivity index is 2.76. The van der Waals surface area contributed by atoms with Crippen molar-refractivity contribution in [3.63, 3.8) is 0 Å². The molecule has 0 saturated heterocycles. The van der Waals surface area contributed by atoms with E-state index < -0.39 is 0 Å². The Labute approximate surface area is 82.1 Å². The molecule has 2 rings (SSSR count). The van der Waals surface area contributed by atoms with E-state index >= 15 is 0 Å². The van der Waals surface area contributed by atoms with Crippen LogP contribution < -0.4 is 4.74 Å². The highest BCUT2D eigenvalue weighted by Gasteiger charge is 2.01. The molecule has 0 aliphatic carbocycles. The summed E-state index contributed by atoms with van der Waals surface area (Å²) in [6.07, 6.45) is 7.06. The summed E-state index contributed by atoms with van der Waals surface area (Å²) in [6.45, 7) is 3.74. The highest BCUT2D eigenvalue weighted by Crippen LogP contribution is 2.21. The lowest BCUT2D eigenvalue weighted by molar-refractivity contribution is 0.399. The van der Waals surface area contributed by atoms with Gasteiger partial charge in [0.2, 0.25) is 5.88 Å². The second-order valence-corrected chi connectivity index (χ2v) is 2.88. The van der Waals surface area contributed by atoms with Crippen LogP contribution in [0.15, 0.2) is 31.2 Å². The van der Waals surface area contributed by atoms with E-state index in [0.29, 0.717) is 5.88 Å². The van der Waals surface area contributed by atoms with E-state index in [2.05, 4.69) is 16.5 Å². The largest absolute Gasteiger partial charge is 0.481 e. The quantitative estimate of drug-likeness (QED) is 0.721. The van der Waals surface area contributed by atoms with Crippen LogP contribution in [0, 0.1) is 0 Å². The second-order valence-electron chi connectivity index (χ2n) is 2.88. The first kappa shape index (κ1) is 8.69. The SMILES string of the molecule is C=Cc1cncc2cnc(OC)cc12. The molecule has 2 aromatic rings. The third kappa shape index (κ3) is 1.33. The van der Waals surface area contributed by atoms with Gasteiger partial charge >= 0.3 is 0 Å². The smallest absolute Gasteiger partial charge is 0.213 e. The molecule has 0 saturated carbocycles. The van der Waals surface area contributed by atoms with Gasteiger partial charge in [-0.05, 0) is 5.39 Å². The van der Waals surface area contributed by atoms with Gasteiger partial charge in [-0.2, -0.15) is 0 Å². The molecule has 0 amide bonds. The standard InChI is InChI=1S/C11H10N2O/c1-3-8-5-12-6-9-7-13-11(14-2)4-10(8)9/h3-7H,1H2,2H3. The monoisotopic (exact) mass is 186 g/mol. The predicted octanol–water partition coefficient (Wildman–Crippen LogP) is 2.28. The number of methoxy groups -OCH3 is 1. The van der Waals surface area contributed by atoms with Gasteiger partial charge in [-0.3, -0.25) is 4.98 Å². The fraction of sp³-hybridized carbons (Fsp3) is 0.0909. The number of pyridine rings is 2. The highest BCUT2D eigenvalue weighted by atomic mass is 16.5. The molecule has 2 heterocycles. The van der Waals surface area contributed by atoms with Crippen LogP contribution >= 0.6 is 0 Å². The van der Waals surface area contributed by atoms with Gasteiger partial charge in [-0.25, -0.2) is 4.98 Å². The van der Waals surface area contributed by atoms with Gasteiger partial charge in [0.25, 0.3) is 0 Å². The van der Waals surface area contributed by atoms with Gasteiger partial charge in [0.05, 0.1) is 7.11 Å². The number of rotatable bonds is 2. The van der Waals surface area contributed by atoms with Crippen molar-refractivity contribution in [2.75, 3.05) is 7.11 Å². The Hall–Kier alpha value is -1.90. The molecule has 0 fully saturated rings. The Morgan fingerprint density at radius 1 is 1.36 bits per heavy atom. The van der Waals surface area contributed by atoms with Gasteiger partial charge < -0.3 is 4.74 Å². The van der Waals surface area contributed by atoms with E-state index in [9.17, 15) is 0 Å². The van der Waals surface area contributed by atoms with E-state index in [4.69, 9.17) is 4.74 Å². The minimum absolute atomic E-state index is 0.604. The van der Waals surface area contributed by atoms with Crippen molar-refractivity contribution in [3.8, 4) is 5.88 Å². The minimum Gasteiger partial charge on any atom is -0.481 e. The number of fused-ring (bicyclic) bond motifs is 1. The first-order valence-electron chi connectivity index (χ1n) is 4.25. The summed E-state index contributed by atoms with van der Waals surface area (Å²) in [4.78, 5) is 8.19. The Morgan fingerprint density at radius 2 is 2.21 bits per heavy atom. The van der Waals surface area contributed by atoms with Crippen LogP contribution in [0.1, 0.15) is 5.56 Å². The van der Waals surface area contributed by atoms with Gasteiger partial charge in [0, 0.05) is 35.6 Å². The Morgan fingerprint density at radius 3 is 2.93 bits per heavy atom. The summed E-state index contributed by atoms with van der Waals surface area (Å²) >= 11 is 0. The van der Waals surface area contributed by atoms with Crippen molar-refractivity contribution in [1.29, 1.82) is 0 Å². The van der Waals surface area contributed by atoms with Crippen LogP contribution in [-0.2, 0) is 0 Å². The zero-order valence-corrected chi connectivity index (χ0v) is 7.90. The molecule has 0 spiro atoms. The first-order chi connectivity index (χ1) is 6.85. The number of nitrogens with zero attached hydrogens (tertiary/aromatic N) is 2. The number of hydrogen-bond acceptors (Lipinski definition) is 3. The number of ether oxygens (including phenoxy) is 1. The van der Waals surface area contributed by atoms with E-state index in [1.165, 1.54) is 0 Å². The maximum atomic E-state index is 5.06. The summed E-state index contributed by atoms with van der Waals surface area (Å²) in [6, 6.07) is 1.88. The Bertz CT molecular complexity index is 480. The van der Waals surface area contributed by atoms with Gasteiger partial charge in [-0.15, -0.1) is 0 Å². The fourth-order valence-corrected chi connectivity index (χ4v) is 1.34. The molecule has 0 N–H and O–H groups in total. The molecule has 0 aromatic carbocycles. The van der Waals surface area contributed by atoms with Crippen molar-refractivity contribution in [3.05, 3.63) is 36.8 Å². The lowest BCUT2D eigenvalue weighted by Gasteiger charge is -2.03. The highest BCUT2D eigenvalue weighted by molar-refractivity contribution is 5.89. The van der Waals surface area contributed by atoms with Crippen LogP contribution in [0.25, 0.3) is 16.8 Å². The van der Waals surface area contributed by atoms with Gasteiger partial charge in [-0.1, -0.05) is 12.7 Å². The Kier molecular flexibility index (Phi) is 2.14. The van der Waals surface area contributed by atoms with Crippen molar-refractivity contribution >= 4 is 16.8 Å². The molecule has 0 atom stereocenters. The predicted molar refractivity (Wildman–Crippen MR) is 56.2 cm³/mol. The van der Waals surface area contributed by atoms with E-state index in [1.54, 1.807) is 31.8 Å². The summed E-state index contributed by atoms with van der Waals surface area (Å²) < 4.78 is 5.06. The lowest BCUT2D eigenvalue weighted by Crippen LogP contribution is -1.88. The summed E-state index contributed by atoms with van der Waals surface area (Å²) in [5.74, 6) is 0.604. The number of hydrogen-bond donors (Lipinski definition) is 0. The maximum Gasteiger partial charge on any atom is 0.213 e. The van der Waals surface area contributed by atoms with Gasteiger partial charge in [0.1, 0.15) is 0 Å². The van der Waals surface area contributed by atoms with E-state index in [-0.39, 0.29) is 0 Å². The van der Waals surface area contributed by atoms with Crippen LogP contribution in [0.2, 0.25) is 0 Å². The van der Waals surface area contributed by atoms with Crippen LogP contribution in [0.5, 0.6) is 5.88 Å². The number of aromatic nitrogens is 2. The molecule has 14 heavy (non-hydrogen) atoms. The molecule has 70 valence electrons. The third-order valence-corrected chi connectivity index (χ3v) is 2.08. The topological polar surface area (TPSA) is 35.0 Å². The van der Waals surface area contributed by atoms with Crippen LogP contribution in [0.3, 0.4) is 0 Å². The molecule has 3 nitrogen and oxygen atoms in total. The van der Waals surface area contributed by atoms with Crippen molar-refractivity contribution in [2.45, 2.75) is 0 Å². The summed E-state index contributed by atoms with van der Waals surface area (Å²) in [5.41, 5.74) is 0.989. The van der Waals surface area contributed by atoms with Crippen LogP contribution in [-0.4, -0.2) is 17.1 Å². The third-order valence-electron chi connectivity index (χ3n) is 2.08. The molecule has 0 bridgehead atoms. The zero-order valence-electron chi connectivity index (χ0n) is 7.90. The van der Waals surface area contributed by atoms with E-state index in [1.807, 2.05) is 6.07 Å². The molecule has 0 radical (unpaired) electrons. The van der Waals surface area contributed by atoms with E-state index in [0.717, 1.165) is 16.3 Å². The first-order valence-corrected chi connectivity index (χ1v) is 4.25. The average Bonchev–Trinajstić information content (AvgIpc) is 2.27. The van der Waals surface area contributed by atoms with Gasteiger partial charge in [0.15, 0.2) is 0 Å². The normalized spacial score (nSPS) is 10.1. The summed E-state index contributed by atoms with van der Waals surface area (Å²) in [7, 11) is 1.60. The second kappa shape index (κ2) is 3.46. The van der Waals surface area contributed by atoms with Crippen molar-refractivity contribution in [1.82, 2.24) is 9.97 Å². The molecule has 3 heteroatoms. The molecule has 0 aliphatic heterocycles. The lowest BCUT2D eigenvalue weighted by atomic mass is 10.1. The average molecular weight is 186 g/mol. The maximum absolute atomic E-state index is 5.06. The summed E-state index contributed by atoms with van der Waals surface area (Å²) in [5, 5.41) is 2.05. The zero-order chi connectivity index (χ0) is 9.97. The van der Waals surface area contributed by atoms with Crippen molar-refractivity contribution < 1.29 is 4.74 Å². The molecule has 2 aromatic heterocycles. The fourth-order valence-electron chi connectivity index (χ4n) is 1.34. The molecule has 0 unspecified atom stereocenters. The van der Waals surface area contributed by atoms with Crippen LogP contribution in [0.4, 0.5) is 0 Å². The minimum atomic E-state index is 0.604.